The average molecular weight is 225 g/mol. The molecule has 3 atom stereocenters. The van der Waals surface area contributed by atoms with Crippen LogP contribution in [-0.4, -0.2) is 35.2 Å². The zero-order valence-electron chi connectivity index (χ0n) is 11.1. The van der Waals surface area contributed by atoms with E-state index in [1.165, 1.54) is 45.2 Å². The van der Waals surface area contributed by atoms with Gasteiger partial charge in [0.05, 0.1) is 6.10 Å². The number of aliphatic hydroxyl groups excluding tert-OH is 1. The Balaban J connectivity index is 1.97. The van der Waals surface area contributed by atoms with Crippen molar-refractivity contribution < 1.29 is 5.11 Å². The fourth-order valence-corrected chi connectivity index (χ4v) is 3.46. The standard InChI is InChI=1S/C14H27NO/c1-4-11-6-5-9-15(10-11)12-7-8-14(2,3)13(12)16/h11-13,16H,4-10H2,1-3H3. The van der Waals surface area contributed by atoms with Crippen molar-refractivity contribution in [3.8, 4) is 0 Å². The van der Waals surface area contributed by atoms with Crippen molar-refractivity contribution in [2.75, 3.05) is 13.1 Å². The Morgan fingerprint density at radius 2 is 2.06 bits per heavy atom. The molecule has 2 rings (SSSR count). The Labute approximate surface area is 100 Å². The highest BCUT2D eigenvalue weighted by Crippen LogP contribution is 2.40. The molecule has 1 N–H and O–H groups in total. The van der Waals surface area contributed by atoms with Gasteiger partial charge in [-0.3, -0.25) is 4.90 Å². The summed E-state index contributed by atoms with van der Waals surface area (Å²) < 4.78 is 0. The maximum atomic E-state index is 10.4. The van der Waals surface area contributed by atoms with Gasteiger partial charge in [0.25, 0.3) is 0 Å². The van der Waals surface area contributed by atoms with Crippen LogP contribution in [0.5, 0.6) is 0 Å². The van der Waals surface area contributed by atoms with Gasteiger partial charge in [-0.05, 0) is 43.6 Å². The molecule has 0 aromatic rings. The van der Waals surface area contributed by atoms with Crippen LogP contribution in [0.1, 0.15) is 52.9 Å². The van der Waals surface area contributed by atoms with E-state index in [1.807, 2.05) is 0 Å². The van der Waals surface area contributed by atoms with Gasteiger partial charge in [0.2, 0.25) is 0 Å². The van der Waals surface area contributed by atoms with Crippen LogP contribution in [0.4, 0.5) is 0 Å². The minimum atomic E-state index is -0.122. The predicted molar refractivity (Wildman–Crippen MR) is 67.4 cm³/mol. The van der Waals surface area contributed by atoms with Crippen molar-refractivity contribution in [2.24, 2.45) is 11.3 Å². The number of aliphatic hydroxyl groups is 1. The maximum Gasteiger partial charge on any atom is 0.0746 e. The molecule has 1 saturated carbocycles. The highest BCUT2D eigenvalue weighted by molar-refractivity contribution is 4.97. The quantitative estimate of drug-likeness (QED) is 0.781. The molecule has 2 nitrogen and oxygen atoms in total. The van der Waals surface area contributed by atoms with E-state index >= 15 is 0 Å². The van der Waals surface area contributed by atoms with Crippen molar-refractivity contribution in [1.82, 2.24) is 4.90 Å². The van der Waals surface area contributed by atoms with Gasteiger partial charge >= 0.3 is 0 Å². The van der Waals surface area contributed by atoms with Gasteiger partial charge < -0.3 is 5.11 Å². The summed E-state index contributed by atoms with van der Waals surface area (Å²) in [4.78, 5) is 2.57. The molecule has 3 unspecified atom stereocenters. The number of piperidine rings is 1. The van der Waals surface area contributed by atoms with Crippen LogP contribution in [0.25, 0.3) is 0 Å². The predicted octanol–water partition coefficient (Wildman–Crippen LogP) is 2.66. The van der Waals surface area contributed by atoms with E-state index in [1.54, 1.807) is 0 Å². The molecule has 1 saturated heterocycles. The van der Waals surface area contributed by atoms with Gasteiger partial charge in [-0.15, -0.1) is 0 Å². The number of nitrogens with zero attached hydrogens (tertiary/aromatic N) is 1. The zero-order chi connectivity index (χ0) is 11.8. The molecule has 16 heavy (non-hydrogen) atoms. The first-order chi connectivity index (χ1) is 7.54. The highest BCUT2D eigenvalue weighted by atomic mass is 16.3. The second-order valence-corrected chi connectivity index (χ2v) is 6.45. The molecular formula is C14H27NO. The first kappa shape index (κ1) is 12.4. The number of hydrogen-bond donors (Lipinski definition) is 1. The molecule has 1 heterocycles. The van der Waals surface area contributed by atoms with E-state index in [-0.39, 0.29) is 11.5 Å². The van der Waals surface area contributed by atoms with Gasteiger partial charge in [0, 0.05) is 12.6 Å². The third-order valence-corrected chi connectivity index (χ3v) is 4.85. The SMILES string of the molecule is CCC1CCCN(C2CCC(C)(C)C2O)C1. The molecule has 2 aliphatic rings. The molecule has 94 valence electrons. The van der Waals surface area contributed by atoms with Gasteiger partial charge in [-0.1, -0.05) is 27.2 Å². The molecule has 0 aromatic carbocycles. The van der Waals surface area contributed by atoms with E-state index in [2.05, 4.69) is 25.7 Å². The van der Waals surface area contributed by atoms with Crippen LogP contribution < -0.4 is 0 Å². The second-order valence-electron chi connectivity index (χ2n) is 6.45. The molecule has 0 radical (unpaired) electrons. The van der Waals surface area contributed by atoms with Crippen LogP contribution >= 0.6 is 0 Å². The summed E-state index contributed by atoms with van der Waals surface area (Å²) in [6.45, 7) is 9.13. The summed E-state index contributed by atoms with van der Waals surface area (Å²) in [5.41, 5.74) is 0.129. The average Bonchev–Trinajstić information content (AvgIpc) is 2.55. The van der Waals surface area contributed by atoms with Crippen molar-refractivity contribution in [2.45, 2.75) is 65.0 Å². The lowest BCUT2D eigenvalue weighted by atomic mass is 9.88. The first-order valence-electron chi connectivity index (χ1n) is 6.96. The smallest absolute Gasteiger partial charge is 0.0746 e. The Morgan fingerprint density at radius 1 is 1.31 bits per heavy atom. The Morgan fingerprint density at radius 3 is 2.62 bits per heavy atom. The highest BCUT2D eigenvalue weighted by Gasteiger charge is 2.43. The van der Waals surface area contributed by atoms with Crippen molar-refractivity contribution in [3.63, 3.8) is 0 Å². The number of rotatable bonds is 2. The molecule has 2 fully saturated rings. The first-order valence-corrected chi connectivity index (χ1v) is 6.96. The van der Waals surface area contributed by atoms with Gasteiger partial charge in [-0.2, -0.15) is 0 Å². The molecule has 1 aliphatic heterocycles. The van der Waals surface area contributed by atoms with Crippen molar-refractivity contribution >= 4 is 0 Å². The summed E-state index contributed by atoms with van der Waals surface area (Å²) in [5, 5.41) is 10.4. The minimum Gasteiger partial charge on any atom is -0.391 e. The van der Waals surface area contributed by atoms with E-state index in [0.717, 1.165) is 5.92 Å². The van der Waals surface area contributed by atoms with Gasteiger partial charge in [0.15, 0.2) is 0 Å². The maximum absolute atomic E-state index is 10.4. The number of hydrogen-bond acceptors (Lipinski definition) is 2. The van der Waals surface area contributed by atoms with Crippen molar-refractivity contribution in [3.05, 3.63) is 0 Å². The molecule has 2 heteroatoms. The third-order valence-electron chi connectivity index (χ3n) is 4.85. The molecule has 0 amide bonds. The summed E-state index contributed by atoms with van der Waals surface area (Å²) in [6.07, 6.45) is 6.24. The molecule has 0 spiro atoms. The second kappa shape index (κ2) is 4.66. The summed E-state index contributed by atoms with van der Waals surface area (Å²) in [6, 6.07) is 0.435. The van der Waals surface area contributed by atoms with E-state index in [0.29, 0.717) is 6.04 Å². The summed E-state index contributed by atoms with van der Waals surface area (Å²) in [5.74, 6) is 0.865. The van der Waals surface area contributed by atoms with Gasteiger partial charge in [0.1, 0.15) is 0 Å². The topological polar surface area (TPSA) is 23.5 Å². The van der Waals surface area contributed by atoms with E-state index < -0.39 is 0 Å². The van der Waals surface area contributed by atoms with Crippen LogP contribution in [0.3, 0.4) is 0 Å². The zero-order valence-corrected chi connectivity index (χ0v) is 11.1. The third kappa shape index (κ3) is 2.28. The van der Waals surface area contributed by atoms with Crippen LogP contribution in [0.15, 0.2) is 0 Å². The lowest BCUT2D eigenvalue weighted by Gasteiger charge is -2.39. The normalized spacial score (nSPS) is 40.1. The monoisotopic (exact) mass is 225 g/mol. The van der Waals surface area contributed by atoms with E-state index in [9.17, 15) is 5.11 Å². The van der Waals surface area contributed by atoms with Gasteiger partial charge in [-0.25, -0.2) is 0 Å². The van der Waals surface area contributed by atoms with Crippen LogP contribution in [0, 0.1) is 11.3 Å². The fourth-order valence-electron chi connectivity index (χ4n) is 3.46. The minimum absolute atomic E-state index is 0.122. The molecule has 0 aromatic heterocycles. The largest absolute Gasteiger partial charge is 0.391 e. The van der Waals surface area contributed by atoms with Crippen LogP contribution in [0.2, 0.25) is 0 Å². The van der Waals surface area contributed by atoms with Crippen LogP contribution in [-0.2, 0) is 0 Å². The van der Waals surface area contributed by atoms with E-state index in [4.69, 9.17) is 0 Å². The Hall–Kier alpha value is -0.0800. The molecule has 0 bridgehead atoms. The fraction of sp³-hybridized carbons (Fsp3) is 1.00. The summed E-state index contributed by atoms with van der Waals surface area (Å²) >= 11 is 0. The number of likely N-dealkylation sites (tertiary alicyclic amines) is 1. The molecular weight excluding hydrogens is 198 g/mol. The molecule has 1 aliphatic carbocycles. The Bertz CT molecular complexity index is 239. The lowest BCUT2D eigenvalue weighted by Crippen LogP contribution is -2.48. The van der Waals surface area contributed by atoms with Crippen molar-refractivity contribution in [1.29, 1.82) is 0 Å². The summed E-state index contributed by atoms with van der Waals surface area (Å²) in [7, 11) is 0. The lowest BCUT2D eigenvalue weighted by molar-refractivity contribution is -0.000388. The Kier molecular flexibility index (Phi) is 3.60.